The first-order valence-corrected chi connectivity index (χ1v) is 10.9. The quantitative estimate of drug-likeness (QED) is 0.350. The Kier molecular flexibility index (Phi) is 7.12. The largest absolute Gasteiger partial charge is 0.396 e. The van der Waals surface area contributed by atoms with Crippen LogP contribution in [-0.4, -0.2) is 37.0 Å². The maximum atomic E-state index is 13.9. The second-order valence-electron chi connectivity index (χ2n) is 6.70. The molecule has 3 rings (SSSR count). The van der Waals surface area contributed by atoms with Crippen LogP contribution in [0.3, 0.4) is 0 Å². The molecular formula is C23H24FNO3S. The Morgan fingerprint density at radius 2 is 1.90 bits per heavy atom. The van der Waals surface area contributed by atoms with E-state index in [1.165, 1.54) is 6.07 Å². The van der Waals surface area contributed by atoms with Gasteiger partial charge < -0.3 is 9.57 Å². The van der Waals surface area contributed by atoms with Gasteiger partial charge in [0.1, 0.15) is 12.4 Å². The number of methoxy groups -OCH3 is 1. The number of oxime groups is 1. The number of fused-ring (bicyclic) bond motifs is 1. The minimum Gasteiger partial charge on any atom is -0.396 e. The minimum atomic E-state index is -1.00. The van der Waals surface area contributed by atoms with Crippen molar-refractivity contribution in [3.63, 3.8) is 0 Å². The van der Waals surface area contributed by atoms with Crippen LogP contribution >= 0.6 is 0 Å². The molecule has 1 unspecified atom stereocenters. The van der Waals surface area contributed by atoms with Crippen LogP contribution in [0.2, 0.25) is 0 Å². The van der Waals surface area contributed by atoms with Crippen molar-refractivity contribution in [3.05, 3.63) is 70.5 Å². The molecule has 1 aliphatic rings. The molecule has 0 saturated heterocycles. The maximum Gasteiger partial charge on any atom is 0.123 e. The van der Waals surface area contributed by atoms with E-state index in [2.05, 4.69) is 11.2 Å². The Hall–Kier alpha value is -2.57. The summed E-state index contributed by atoms with van der Waals surface area (Å²) in [6, 6.07) is 12.5. The van der Waals surface area contributed by atoms with Crippen LogP contribution in [0.15, 0.2) is 58.1 Å². The highest BCUT2D eigenvalue weighted by Gasteiger charge is 2.24. The summed E-state index contributed by atoms with van der Waals surface area (Å²) in [7, 11) is 0.586. The van der Waals surface area contributed by atoms with Gasteiger partial charge in [-0.15, -0.1) is 0 Å². The lowest BCUT2D eigenvalue weighted by atomic mass is 10.0. The first kappa shape index (κ1) is 21.1. The second kappa shape index (κ2) is 9.76. The lowest BCUT2D eigenvalue weighted by molar-refractivity contribution is 0.148. The van der Waals surface area contributed by atoms with Gasteiger partial charge >= 0.3 is 0 Å². The third kappa shape index (κ3) is 5.08. The summed E-state index contributed by atoms with van der Waals surface area (Å²) in [6.45, 7) is 2.84. The normalized spacial score (nSPS) is 15.9. The molecule has 1 aliphatic carbocycles. The number of nitrogens with zero attached hydrogens (tertiary/aromatic N) is 1. The Morgan fingerprint density at radius 3 is 2.59 bits per heavy atom. The van der Waals surface area contributed by atoms with Crippen molar-refractivity contribution in [1.82, 2.24) is 0 Å². The van der Waals surface area contributed by atoms with Gasteiger partial charge in [-0.3, -0.25) is 4.21 Å². The Labute approximate surface area is 173 Å². The van der Waals surface area contributed by atoms with E-state index in [1.807, 2.05) is 37.3 Å². The molecule has 0 heterocycles. The zero-order chi connectivity index (χ0) is 20.8. The predicted molar refractivity (Wildman–Crippen MR) is 117 cm³/mol. The molecule has 0 N–H and O–H groups in total. The zero-order valence-corrected chi connectivity index (χ0v) is 17.6. The average Bonchev–Trinajstić information content (AvgIpc) is 2.96. The van der Waals surface area contributed by atoms with Crippen LogP contribution in [0.5, 0.6) is 0 Å². The van der Waals surface area contributed by atoms with Gasteiger partial charge in [0.2, 0.25) is 0 Å². The number of hydrogen-bond donors (Lipinski definition) is 0. The molecule has 0 saturated carbocycles. The van der Waals surface area contributed by atoms with Crippen LogP contribution in [0.1, 0.15) is 30.0 Å². The summed E-state index contributed by atoms with van der Waals surface area (Å²) in [5.41, 5.74) is 6.11. The van der Waals surface area contributed by atoms with Crippen molar-refractivity contribution in [2.75, 3.05) is 26.6 Å². The first-order chi connectivity index (χ1) is 14.0. The molecule has 4 nitrogen and oxygen atoms in total. The molecule has 0 aliphatic heterocycles. The number of ether oxygens (including phenoxy) is 1. The summed E-state index contributed by atoms with van der Waals surface area (Å²) in [4.78, 5) is 6.09. The van der Waals surface area contributed by atoms with Gasteiger partial charge in [-0.05, 0) is 70.7 Å². The van der Waals surface area contributed by atoms with E-state index in [9.17, 15) is 8.60 Å². The van der Waals surface area contributed by atoms with Gasteiger partial charge in [-0.2, -0.15) is 0 Å². The molecule has 0 radical (unpaired) electrons. The lowest BCUT2D eigenvalue weighted by Crippen LogP contribution is -1.95. The minimum absolute atomic E-state index is 0.260. The fraction of sp³-hybridized carbons (Fsp3) is 0.261. The Bertz CT molecular complexity index is 994. The van der Waals surface area contributed by atoms with E-state index in [0.29, 0.717) is 19.6 Å². The summed E-state index contributed by atoms with van der Waals surface area (Å²) < 4.78 is 30.4. The van der Waals surface area contributed by atoms with Gasteiger partial charge in [0.25, 0.3) is 0 Å². The maximum absolute atomic E-state index is 13.9. The average molecular weight is 414 g/mol. The molecule has 0 fully saturated rings. The van der Waals surface area contributed by atoms with Crippen molar-refractivity contribution in [3.8, 4) is 0 Å². The van der Waals surface area contributed by atoms with Gasteiger partial charge in [-0.1, -0.05) is 23.4 Å². The summed E-state index contributed by atoms with van der Waals surface area (Å²) in [6.07, 6.45) is 5.92. The first-order valence-electron chi connectivity index (χ1n) is 9.29. The van der Waals surface area contributed by atoms with Gasteiger partial charge in [-0.25, -0.2) is 4.39 Å². The fourth-order valence-corrected chi connectivity index (χ4v) is 3.88. The Balaban J connectivity index is 1.88. The van der Waals surface area contributed by atoms with E-state index >= 15 is 0 Å². The molecule has 1 atom stereocenters. The number of halogens is 1. The molecule has 0 aromatic heterocycles. The van der Waals surface area contributed by atoms with Gasteiger partial charge in [0.05, 0.1) is 12.8 Å². The number of rotatable bonds is 8. The van der Waals surface area contributed by atoms with Crippen molar-refractivity contribution in [1.29, 1.82) is 0 Å². The highest BCUT2D eigenvalue weighted by Crippen LogP contribution is 2.43. The number of allylic oxidation sites excluding steroid dienone is 2. The Morgan fingerprint density at radius 1 is 1.14 bits per heavy atom. The number of hydrogen-bond acceptors (Lipinski definition) is 4. The SMILES string of the molecule is COCC=NOCCC1=C(C)C(=Cc2ccc(S(C)=O)cc2)c2ccc(F)cc21. The molecule has 6 heteroatoms. The van der Waals surface area contributed by atoms with Crippen LogP contribution in [0.25, 0.3) is 17.2 Å². The van der Waals surface area contributed by atoms with E-state index < -0.39 is 10.8 Å². The monoisotopic (exact) mass is 413 g/mol. The van der Waals surface area contributed by atoms with Crippen molar-refractivity contribution in [2.45, 2.75) is 18.2 Å². The lowest BCUT2D eigenvalue weighted by Gasteiger charge is -2.06. The van der Waals surface area contributed by atoms with Crippen molar-refractivity contribution < 1.29 is 18.2 Å². The number of benzene rings is 2. The van der Waals surface area contributed by atoms with Gasteiger partial charge in [0, 0.05) is 35.5 Å². The highest BCUT2D eigenvalue weighted by molar-refractivity contribution is 7.84. The molecule has 29 heavy (non-hydrogen) atoms. The smallest absolute Gasteiger partial charge is 0.123 e. The summed E-state index contributed by atoms with van der Waals surface area (Å²) >= 11 is 0. The molecule has 0 bridgehead atoms. The molecule has 2 aromatic carbocycles. The molecule has 0 amide bonds. The molecule has 2 aromatic rings. The van der Waals surface area contributed by atoms with E-state index in [4.69, 9.17) is 9.57 Å². The van der Waals surface area contributed by atoms with Crippen molar-refractivity contribution >= 4 is 34.2 Å². The summed E-state index contributed by atoms with van der Waals surface area (Å²) in [5, 5.41) is 3.84. The predicted octanol–water partition coefficient (Wildman–Crippen LogP) is 4.93. The summed E-state index contributed by atoms with van der Waals surface area (Å²) in [5.74, 6) is -0.260. The topological polar surface area (TPSA) is 47.9 Å². The zero-order valence-electron chi connectivity index (χ0n) is 16.8. The van der Waals surface area contributed by atoms with E-state index in [0.717, 1.165) is 38.3 Å². The van der Waals surface area contributed by atoms with Crippen LogP contribution in [0.4, 0.5) is 4.39 Å². The standard InChI is InChI=1S/C23H24FNO3S/c1-16-20(10-12-28-25-11-13-27-2)23-15-18(24)6-9-21(23)22(16)14-17-4-7-19(8-5-17)29(3)26/h4-9,11,14-15H,10,12-13H2,1-3H3. The molecule has 152 valence electrons. The molecule has 0 spiro atoms. The molecular weight excluding hydrogens is 389 g/mol. The van der Waals surface area contributed by atoms with Gasteiger partial charge in [0.15, 0.2) is 0 Å². The third-order valence-corrected chi connectivity index (χ3v) is 5.75. The van der Waals surface area contributed by atoms with E-state index in [1.54, 1.807) is 25.6 Å². The third-order valence-electron chi connectivity index (χ3n) is 4.81. The van der Waals surface area contributed by atoms with Crippen LogP contribution < -0.4 is 0 Å². The van der Waals surface area contributed by atoms with Crippen LogP contribution in [-0.2, 0) is 20.4 Å². The van der Waals surface area contributed by atoms with Crippen LogP contribution in [0, 0.1) is 5.82 Å². The van der Waals surface area contributed by atoms with Crippen molar-refractivity contribution in [2.24, 2.45) is 5.16 Å². The van der Waals surface area contributed by atoms with E-state index in [-0.39, 0.29) is 5.82 Å². The highest BCUT2D eigenvalue weighted by atomic mass is 32.2. The fourth-order valence-electron chi connectivity index (χ4n) is 3.36. The second-order valence-corrected chi connectivity index (χ2v) is 8.08.